The van der Waals surface area contributed by atoms with Crippen molar-refractivity contribution in [2.45, 2.75) is 0 Å². The number of fused-ring (bicyclic) bond motifs is 1. The van der Waals surface area contributed by atoms with Crippen LogP contribution in [0.15, 0.2) is 84.9 Å². The van der Waals surface area contributed by atoms with Gasteiger partial charge < -0.3 is 5.32 Å². The molecule has 3 aromatic carbocycles. The van der Waals surface area contributed by atoms with Crippen molar-refractivity contribution < 1.29 is 4.79 Å². The van der Waals surface area contributed by atoms with Crippen LogP contribution >= 0.6 is 11.6 Å². The predicted molar refractivity (Wildman–Crippen MR) is 107 cm³/mol. The summed E-state index contributed by atoms with van der Waals surface area (Å²) in [5, 5.41) is 4.38. The van der Waals surface area contributed by atoms with Gasteiger partial charge in [0.05, 0.1) is 16.8 Å². The van der Waals surface area contributed by atoms with Crippen LogP contribution in [-0.4, -0.2) is 10.9 Å². The summed E-state index contributed by atoms with van der Waals surface area (Å²) in [6.07, 6.45) is 0. The van der Waals surface area contributed by atoms with E-state index in [1.54, 1.807) is 24.3 Å². The normalized spacial score (nSPS) is 10.7. The molecular weight excluding hydrogens is 344 g/mol. The molecule has 0 fully saturated rings. The van der Waals surface area contributed by atoms with E-state index in [4.69, 9.17) is 16.6 Å². The molecular formula is C22H15ClN2O. The average Bonchev–Trinajstić information content (AvgIpc) is 2.69. The Morgan fingerprint density at radius 1 is 0.846 bits per heavy atom. The number of rotatable bonds is 3. The van der Waals surface area contributed by atoms with Crippen molar-refractivity contribution in [1.29, 1.82) is 0 Å². The SMILES string of the molecule is O=C(Nc1ccc(Cl)cc1)c1cc(-c2ccccc2)nc2ccccc12. The molecule has 1 N–H and O–H groups in total. The minimum atomic E-state index is -0.178. The van der Waals surface area contributed by atoms with Gasteiger partial charge in [0.25, 0.3) is 5.91 Å². The van der Waals surface area contributed by atoms with Crippen LogP contribution in [0, 0.1) is 0 Å². The van der Waals surface area contributed by atoms with Crippen LogP contribution in [0.5, 0.6) is 0 Å². The fourth-order valence-corrected chi connectivity index (χ4v) is 2.98. The van der Waals surface area contributed by atoms with Crippen LogP contribution in [0.1, 0.15) is 10.4 Å². The highest BCUT2D eigenvalue weighted by Crippen LogP contribution is 2.25. The molecule has 0 unspecified atom stereocenters. The standard InChI is InChI=1S/C22H15ClN2O/c23-16-10-12-17(13-11-16)24-22(26)19-14-21(15-6-2-1-3-7-15)25-20-9-5-4-8-18(19)20/h1-14H,(H,24,26). The maximum Gasteiger partial charge on any atom is 0.256 e. The number of nitrogens with one attached hydrogen (secondary N) is 1. The molecule has 3 nitrogen and oxygen atoms in total. The number of hydrogen-bond acceptors (Lipinski definition) is 2. The van der Waals surface area contributed by atoms with Crippen molar-refractivity contribution in [2.75, 3.05) is 5.32 Å². The van der Waals surface area contributed by atoms with E-state index in [0.717, 1.165) is 22.2 Å². The molecule has 1 amide bonds. The summed E-state index contributed by atoms with van der Waals surface area (Å²) >= 11 is 5.91. The molecule has 0 aliphatic rings. The van der Waals surface area contributed by atoms with Gasteiger partial charge >= 0.3 is 0 Å². The van der Waals surface area contributed by atoms with Gasteiger partial charge in [-0.2, -0.15) is 0 Å². The number of hydrogen-bond donors (Lipinski definition) is 1. The minimum absolute atomic E-state index is 0.178. The van der Waals surface area contributed by atoms with Crippen LogP contribution in [0.3, 0.4) is 0 Å². The highest BCUT2D eigenvalue weighted by Gasteiger charge is 2.14. The molecule has 4 rings (SSSR count). The molecule has 4 heteroatoms. The fraction of sp³-hybridized carbons (Fsp3) is 0. The summed E-state index contributed by atoms with van der Waals surface area (Å²) in [5.41, 5.74) is 3.81. The number of pyridine rings is 1. The van der Waals surface area contributed by atoms with E-state index in [9.17, 15) is 4.79 Å². The topological polar surface area (TPSA) is 42.0 Å². The maximum atomic E-state index is 12.9. The molecule has 0 saturated carbocycles. The monoisotopic (exact) mass is 358 g/mol. The van der Waals surface area contributed by atoms with E-state index in [1.165, 1.54) is 0 Å². The highest BCUT2D eigenvalue weighted by molar-refractivity contribution is 6.30. The van der Waals surface area contributed by atoms with Gasteiger partial charge in [-0.1, -0.05) is 60.1 Å². The van der Waals surface area contributed by atoms with Gasteiger partial charge in [-0.25, -0.2) is 4.98 Å². The van der Waals surface area contributed by atoms with Crippen molar-refractivity contribution in [3.05, 3.63) is 95.5 Å². The number of amides is 1. The van der Waals surface area contributed by atoms with Crippen LogP contribution in [0.25, 0.3) is 22.2 Å². The molecule has 0 atom stereocenters. The molecule has 0 aliphatic heterocycles. The fourth-order valence-electron chi connectivity index (χ4n) is 2.85. The number of aromatic nitrogens is 1. The lowest BCUT2D eigenvalue weighted by atomic mass is 10.0. The number of para-hydroxylation sites is 1. The highest BCUT2D eigenvalue weighted by atomic mass is 35.5. The molecule has 26 heavy (non-hydrogen) atoms. The van der Waals surface area contributed by atoms with E-state index < -0.39 is 0 Å². The third-order valence-corrected chi connectivity index (χ3v) is 4.38. The lowest BCUT2D eigenvalue weighted by Gasteiger charge is -2.11. The van der Waals surface area contributed by atoms with Gasteiger partial charge in [0.2, 0.25) is 0 Å². The molecule has 1 heterocycles. The number of anilines is 1. The Hall–Kier alpha value is -3.17. The zero-order valence-corrected chi connectivity index (χ0v) is 14.6. The smallest absolute Gasteiger partial charge is 0.256 e. The molecule has 0 saturated heterocycles. The van der Waals surface area contributed by atoms with E-state index in [1.807, 2.05) is 60.7 Å². The second-order valence-corrected chi connectivity index (χ2v) is 6.34. The Balaban J connectivity index is 1.79. The Bertz CT molecular complexity index is 1080. The summed E-state index contributed by atoms with van der Waals surface area (Å²) in [4.78, 5) is 17.6. The predicted octanol–water partition coefficient (Wildman–Crippen LogP) is 5.81. The van der Waals surface area contributed by atoms with Gasteiger partial charge in [0.1, 0.15) is 0 Å². The van der Waals surface area contributed by atoms with Gasteiger partial charge in [-0.15, -0.1) is 0 Å². The lowest BCUT2D eigenvalue weighted by molar-refractivity contribution is 0.102. The molecule has 0 aliphatic carbocycles. The summed E-state index contributed by atoms with van der Waals surface area (Å²) in [6.45, 7) is 0. The third kappa shape index (κ3) is 3.30. The van der Waals surface area contributed by atoms with Crippen molar-refractivity contribution >= 4 is 34.1 Å². The third-order valence-electron chi connectivity index (χ3n) is 4.13. The largest absolute Gasteiger partial charge is 0.322 e. The summed E-state index contributed by atoms with van der Waals surface area (Å²) in [5.74, 6) is -0.178. The molecule has 4 aromatic rings. The van der Waals surface area contributed by atoms with Gasteiger partial charge in [-0.3, -0.25) is 4.79 Å². The second kappa shape index (κ2) is 6.98. The maximum absolute atomic E-state index is 12.9. The number of halogens is 1. The average molecular weight is 359 g/mol. The van der Waals surface area contributed by atoms with Crippen LogP contribution in [0.2, 0.25) is 5.02 Å². The van der Waals surface area contributed by atoms with E-state index in [-0.39, 0.29) is 5.91 Å². The minimum Gasteiger partial charge on any atom is -0.322 e. The molecule has 1 aromatic heterocycles. The van der Waals surface area contributed by atoms with Crippen molar-refractivity contribution in [3.63, 3.8) is 0 Å². The van der Waals surface area contributed by atoms with E-state index in [0.29, 0.717) is 16.3 Å². The molecule has 126 valence electrons. The first-order valence-electron chi connectivity index (χ1n) is 8.23. The first-order valence-corrected chi connectivity index (χ1v) is 8.61. The summed E-state index contributed by atoms with van der Waals surface area (Å²) < 4.78 is 0. The van der Waals surface area contributed by atoms with Gasteiger partial charge in [0, 0.05) is 21.7 Å². The van der Waals surface area contributed by atoms with Crippen molar-refractivity contribution in [1.82, 2.24) is 4.98 Å². The molecule has 0 radical (unpaired) electrons. The van der Waals surface area contributed by atoms with Crippen molar-refractivity contribution in [2.24, 2.45) is 0 Å². The van der Waals surface area contributed by atoms with Crippen LogP contribution < -0.4 is 5.32 Å². The number of nitrogens with zero attached hydrogens (tertiary/aromatic N) is 1. The number of carbonyl (C=O) groups excluding carboxylic acids is 1. The molecule has 0 bridgehead atoms. The van der Waals surface area contributed by atoms with Gasteiger partial charge in [-0.05, 0) is 36.4 Å². The Morgan fingerprint density at radius 2 is 1.54 bits per heavy atom. The first-order chi connectivity index (χ1) is 12.7. The second-order valence-electron chi connectivity index (χ2n) is 5.90. The zero-order chi connectivity index (χ0) is 17.9. The van der Waals surface area contributed by atoms with E-state index in [2.05, 4.69) is 5.32 Å². The van der Waals surface area contributed by atoms with E-state index >= 15 is 0 Å². The Morgan fingerprint density at radius 3 is 2.31 bits per heavy atom. The molecule has 0 spiro atoms. The number of carbonyl (C=O) groups is 1. The number of benzene rings is 3. The quantitative estimate of drug-likeness (QED) is 0.502. The summed E-state index contributed by atoms with van der Waals surface area (Å²) in [6, 6.07) is 26.4. The van der Waals surface area contributed by atoms with Gasteiger partial charge in [0.15, 0.2) is 0 Å². The van der Waals surface area contributed by atoms with Crippen molar-refractivity contribution in [3.8, 4) is 11.3 Å². The lowest BCUT2D eigenvalue weighted by Crippen LogP contribution is -2.13. The Labute approximate surface area is 156 Å². The Kier molecular flexibility index (Phi) is 4.38. The van der Waals surface area contributed by atoms with Crippen LogP contribution in [0.4, 0.5) is 5.69 Å². The summed E-state index contributed by atoms with van der Waals surface area (Å²) in [7, 11) is 0. The van der Waals surface area contributed by atoms with Crippen LogP contribution in [-0.2, 0) is 0 Å². The zero-order valence-electron chi connectivity index (χ0n) is 13.8. The first kappa shape index (κ1) is 16.3.